The van der Waals surface area contributed by atoms with Crippen molar-refractivity contribution in [2.45, 2.75) is 32.7 Å². The zero-order valence-corrected chi connectivity index (χ0v) is 12.7. The fourth-order valence-electron chi connectivity index (χ4n) is 2.65. The van der Waals surface area contributed by atoms with Crippen LogP contribution in [-0.2, 0) is 6.42 Å². The van der Waals surface area contributed by atoms with Crippen LogP contribution in [-0.4, -0.2) is 22.3 Å². The van der Waals surface area contributed by atoms with Gasteiger partial charge in [0, 0.05) is 17.0 Å². The van der Waals surface area contributed by atoms with E-state index in [-0.39, 0.29) is 11.5 Å². The number of nitrogens with two attached hydrogens (primary N) is 1. The van der Waals surface area contributed by atoms with Gasteiger partial charge in [0.25, 0.3) is 0 Å². The maximum atomic E-state index is 6.27. The second kappa shape index (κ2) is 4.79. The van der Waals surface area contributed by atoms with Gasteiger partial charge in [0.05, 0.1) is 12.8 Å². The van der Waals surface area contributed by atoms with Crippen LogP contribution in [0.25, 0.3) is 10.7 Å². The predicted octanol–water partition coefficient (Wildman–Crippen LogP) is 2.58. The standard InChI is InChI=1S/C14H18N4OS/c1-14(2)6-8(15)12-10(7-14)16-13(20-12)9-4-5-11(19-3)18-17-9/h4-5,8H,6-7,15H2,1-3H3. The minimum atomic E-state index is 0.0752. The van der Waals surface area contributed by atoms with Crippen LogP contribution in [0, 0.1) is 5.41 Å². The van der Waals surface area contributed by atoms with Gasteiger partial charge in [-0.05, 0) is 24.3 Å². The molecule has 0 bridgehead atoms. The van der Waals surface area contributed by atoms with Gasteiger partial charge in [0.1, 0.15) is 10.7 Å². The summed E-state index contributed by atoms with van der Waals surface area (Å²) >= 11 is 1.63. The lowest BCUT2D eigenvalue weighted by Gasteiger charge is -2.32. The molecule has 1 aliphatic carbocycles. The van der Waals surface area contributed by atoms with Crippen molar-refractivity contribution in [3.8, 4) is 16.6 Å². The number of thiazole rings is 1. The van der Waals surface area contributed by atoms with E-state index in [1.807, 2.05) is 6.07 Å². The second-order valence-corrected chi connectivity index (χ2v) is 6.97. The molecule has 6 heteroatoms. The SMILES string of the molecule is COc1ccc(-c2nc3c(s2)C(N)CC(C)(C)C3)nn1. The number of hydrogen-bond acceptors (Lipinski definition) is 6. The summed E-state index contributed by atoms with van der Waals surface area (Å²) in [6, 6.07) is 3.76. The van der Waals surface area contributed by atoms with Crippen LogP contribution in [0.4, 0.5) is 0 Å². The lowest BCUT2D eigenvalue weighted by Crippen LogP contribution is -2.28. The van der Waals surface area contributed by atoms with Crippen LogP contribution < -0.4 is 10.5 Å². The first-order chi connectivity index (χ1) is 9.48. The van der Waals surface area contributed by atoms with Gasteiger partial charge in [0.2, 0.25) is 5.88 Å². The summed E-state index contributed by atoms with van der Waals surface area (Å²) < 4.78 is 5.02. The molecular formula is C14H18N4OS. The smallest absolute Gasteiger partial charge is 0.233 e. The highest BCUT2D eigenvalue weighted by molar-refractivity contribution is 7.15. The lowest BCUT2D eigenvalue weighted by atomic mass is 9.77. The molecule has 5 nitrogen and oxygen atoms in total. The van der Waals surface area contributed by atoms with Crippen LogP contribution in [0.3, 0.4) is 0 Å². The first kappa shape index (κ1) is 13.5. The van der Waals surface area contributed by atoms with E-state index >= 15 is 0 Å². The molecule has 0 spiro atoms. The number of nitrogens with zero attached hydrogens (tertiary/aromatic N) is 3. The largest absolute Gasteiger partial charge is 0.480 e. The minimum Gasteiger partial charge on any atom is -0.480 e. The molecule has 2 heterocycles. The highest BCUT2D eigenvalue weighted by Crippen LogP contribution is 2.43. The minimum absolute atomic E-state index is 0.0752. The Labute approximate surface area is 122 Å². The van der Waals surface area contributed by atoms with Crippen molar-refractivity contribution in [3.63, 3.8) is 0 Å². The zero-order valence-electron chi connectivity index (χ0n) is 11.9. The number of aromatic nitrogens is 3. The normalized spacial score (nSPS) is 20.5. The van der Waals surface area contributed by atoms with Crippen LogP contribution in [0.5, 0.6) is 5.88 Å². The van der Waals surface area contributed by atoms with Gasteiger partial charge in [-0.2, -0.15) is 0 Å². The average Bonchev–Trinajstić information content (AvgIpc) is 2.81. The van der Waals surface area contributed by atoms with E-state index in [9.17, 15) is 0 Å². The maximum absolute atomic E-state index is 6.27. The Kier molecular flexibility index (Phi) is 3.22. The maximum Gasteiger partial charge on any atom is 0.233 e. The molecule has 20 heavy (non-hydrogen) atoms. The molecule has 0 aliphatic heterocycles. The monoisotopic (exact) mass is 290 g/mol. The van der Waals surface area contributed by atoms with Crippen molar-refractivity contribution < 1.29 is 4.74 Å². The molecule has 0 amide bonds. The van der Waals surface area contributed by atoms with E-state index in [0.29, 0.717) is 5.88 Å². The van der Waals surface area contributed by atoms with Crippen molar-refractivity contribution in [1.82, 2.24) is 15.2 Å². The Balaban J connectivity index is 1.96. The van der Waals surface area contributed by atoms with Crippen LogP contribution in [0.2, 0.25) is 0 Å². The quantitative estimate of drug-likeness (QED) is 0.920. The summed E-state index contributed by atoms with van der Waals surface area (Å²) in [5.74, 6) is 0.507. The summed E-state index contributed by atoms with van der Waals surface area (Å²) in [6.07, 6.45) is 1.96. The van der Waals surface area contributed by atoms with Crippen LogP contribution in [0.1, 0.15) is 36.9 Å². The molecule has 1 aliphatic rings. The Morgan fingerprint density at radius 3 is 2.80 bits per heavy atom. The van der Waals surface area contributed by atoms with E-state index in [1.54, 1.807) is 24.5 Å². The van der Waals surface area contributed by atoms with E-state index in [1.165, 1.54) is 4.88 Å². The topological polar surface area (TPSA) is 73.9 Å². The lowest BCUT2D eigenvalue weighted by molar-refractivity contribution is 0.282. The Bertz CT molecular complexity index is 621. The molecule has 0 aromatic carbocycles. The average molecular weight is 290 g/mol. The van der Waals surface area contributed by atoms with Crippen molar-refractivity contribution in [3.05, 3.63) is 22.7 Å². The van der Waals surface area contributed by atoms with E-state index in [0.717, 1.165) is 29.2 Å². The number of ether oxygens (including phenoxy) is 1. The van der Waals surface area contributed by atoms with Gasteiger partial charge in [-0.15, -0.1) is 21.5 Å². The van der Waals surface area contributed by atoms with Crippen molar-refractivity contribution in [2.75, 3.05) is 7.11 Å². The predicted molar refractivity (Wildman–Crippen MR) is 78.7 cm³/mol. The van der Waals surface area contributed by atoms with Gasteiger partial charge in [-0.3, -0.25) is 0 Å². The first-order valence-electron chi connectivity index (χ1n) is 6.62. The Hall–Kier alpha value is -1.53. The van der Waals surface area contributed by atoms with Gasteiger partial charge in [0.15, 0.2) is 0 Å². The summed E-state index contributed by atoms with van der Waals surface area (Å²) in [5, 5.41) is 9.03. The van der Waals surface area contributed by atoms with Gasteiger partial charge in [-0.25, -0.2) is 4.98 Å². The molecule has 2 N–H and O–H groups in total. The molecule has 0 fully saturated rings. The van der Waals surface area contributed by atoms with E-state index in [4.69, 9.17) is 15.5 Å². The third-order valence-electron chi connectivity index (χ3n) is 3.55. The van der Waals surface area contributed by atoms with Gasteiger partial charge < -0.3 is 10.5 Å². The van der Waals surface area contributed by atoms with Crippen molar-refractivity contribution in [1.29, 1.82) is 0 Å². The van der Waals surface area contributed by atoms with Gasteiger partial charge in [-0.1, -0.05) is 13.8 Å². The summed E-state index contributed by atoms with van der Waals surface area (Å²) in [7, 11) is 1.58. The fourth-order valence-corrected chi connectivity index (χ4v) is 3.69. The molecule has 2 aromatic heterocycles. The molecule has 106 valence electrons. The Morgan fingerprint density at radius 1 is 1.35 bits per heavy atom. The van der Waals surface area contributed by atoms with Crippen molar-refractivity contribution >= 4 is 11.3 Å². The molecule has 1 unspecified atom stereocenters. The van der Waals surface area contributed by atoms with Gasteiger partial charge >= 0.3 is 0 Å². The molecule has 0 saturated heterocycles. The number of fused-ring (bicyclic) bond motifs is 1. The molecule has 1 atom stereocenters. The third kappa shape index (κ3) is 2.41. The van der Waals surface area contributed by atoms with E-state index in [2.05, 4.69) is 24.0 Å². The first-order valence-corrected chi connectivity index (χ1v) is 7.43. The van der Waals surface area contributed by atoms with Crippen LogP contribution >= 0.6 is 11.3 Å². The fraction of sp³-hybridized carbons (Fsp3) is 0.500. The third-order valence-corrected chi connectivity index (χ3v) is 4.80. The van der Waals surface area contributed by atoms with Crippen LogP contribution in [0.15, 0.2) is 12.1 Å². The summed E-state index contributed by atoms with van der Waals surface area (Å²) in [5.41, 5.74) is 8.38. The molecule has 2 aromatic rings. The summed E-state index contributed by atoms with van der Waals surface area (Å²) in [6.45, 7) is 4.48. The number of hydrogen-bond donors (Lipinski definition) is 1. The Morgan fingerprint density at radius 2 is 2.15 bits per heavy atom. The highest BCUT2D eigenvalue weighted by atomic mass is 32.1. The molecular weight excluding hydrogens is 272 g/mol. The summed E-state index contributed by atoms with van der Waals surface area (Å²) in [4.78, 5) is 5.91. The zero-order chi connectivity index (χ0) is 14.3. The van der Waals surface area contributed by atoms with E-state index < -0.39 is 0 Å². The molecule has 3 rings (SSSR count). The number of rotatable bonds is 2. The van der Waals surface area contributed by atoms with Crippen molar-refractivity contribution in [2.24, 2.45) is 11.1 Å². The molecule has 0 saturated carbocycles. The highest BCUT2D eigenvalue weighted by Gasteiger charge is 2.33. The number of methoxy groups -OCH3 is 1. The second-order valence-electron chi connectivity index (χ2n) is 5.94. The molecule has 0 radical (unpaired) electrons.